The number of hydrogen-bond acceptors (Lipinski definition) is 3. The molecule has 1 unspecified atom stereocenters. The zero-order valence-corrected chi connectivity index (χ0v) is 14.6. The predicted octanol–water partition coefficient (Wildman–Crippen LogP) is 2.77. The van der Waals surface area contributed by atoms with Crippen LogP contribution in [0.3, 0.4) is 0 Å². The molecule has 2 rings (SSSR count). The van der Waals surface area contributed by atoms with Gasteiger partial charge in [-0.05, 0) is 48.4 Å². The zero-order valence-electron chi connectivity index (χ0n) is 12.2. The number of likely N-dealkylation sites (tertiary alicyclic amines) is 1. The maximum atomic E-state index is 13.7. The lowest BCUT2D eigenvalue weighted by Gasteiger charge is -2.31. The van der Waals surface area contributed by atoms with Gasteiger partial charge in [0.15, 0.2) is 5.82 Å². The Hall–Kier alpha value is -0.760. The molecule has 1 amide bonds. The van der Waals surface area contributed by atoms with Gasteiger partial charge in [-0.15, -0.1) is 12.4 Å². The Morgan fingerprint density at radius 1 is 1.45 bits per heavy atom. The standard InChI is InChI=1S/C14H18BrF2N3O.ClH/c1-18-10-3-2-4-20(7-10)8-13(21)19-14-11(15)5-9(16)6-12(14)17;/h5-6,10,18H,2-4,7-8H2,1H3,(H,19,21);1H. The van der Waals surface area contributed by atoms with Crippen molar-refractivity contribution in [1.29, 1.82) is 0 Å². The van der Waals surface area contributed by atoms with E-state index >= 15 is 0 Å². The van der Waals surface area contributed by atoms with Crippen molar-refractivity contribution in [3.8, 4) is 0 Å². The summed E-state index contributed by atoms with van der Waals surface area (Å²) in [7, 11) is 1.90. The van der Waals surface area contributed by atoms with Gasteiger partial charge in [-0.1, -0.05) is 0 Å². The third-order valence-electron chi connectivity index (χ3n) is 3.55. The van der Waals surface area contributed by atoms with Gasteiger partial charge >= 0.3 is 0 Å². The van der Waals surface area contributed by atoms with Gasteiger partial charge in [0.25, 0.3) is 0 Å². The number of halogens is 4. The van der Waals surface area contributed by atoms with Crippen LogP contribution in [0.25, 0.3) is 0 Å². The molecular weight excluding hydrogens is 380 g/mol. The second-order valence-corrected chi connectivity index (χ2v) is 6.01. The average Bonchev–Trinajstić information content (AvgIpc) is 2.43. The minimum atomic E-state index is -0.790. The van der Waals surface area contributed by atoms with E-state index in [4.69, 9.17) is 0 Å². The van der Waals surface area contributed by atoms with E-state index < -0.39 is 11.6 Å². The molecule has 0 saturated carbocycles. The fourth-order valence-electron chi connectivity index (χ4n) is 2.48. The molecule has 124 valence electrons. The number of hydrogen-bond donors (Lipinski definition) is 2. The smallest absolute Gasteiger partial charge is 0.238 e. The Bertz CT molecular complexity index is 510. The first kappa shape index (κ1) is 19.3. The number of anilines is 1. The van der Waals surface area contributed by atoms with Crippen molar-refractivity contribution in [3.05, 3.63) is 28.2 Å². The number of likely N-dealkylation sites (N-methyl/N-ethyl adjacent to an activating group) is 1. The highest BCUT2D eigenvalue weighted by Gasteiger charge is 2.21. The molecule has 0 bridgehead atoms. The largest absolute Gasteiger partial charge is 0.322 e. The van der Waals surface area contributed by atoms with Crippen LogP contribution in [0.5, 0.6) is 0 Å². The molecule has 1 aliphatic heterocycles. The lowest BCUT2D eigenvalue weighted by atomic mass is 10.1. The summed E-state index contributed by atoms with van der Waals surface area (Å²) < 4.78 is 26.9. The Labute approximate surface area is 143 Å². The summed E-state index contributed by atoms with van der Waals surface area (Å²) in [5.74, 6) is -1.79. The monoisotopic (exact) mass is 397 g/mol. The van der Waals surface area contributed by atoms with Crippen LogP contribution >= 0.6 is 28.3 Å². The summed E-state index contributed by atoms with van der Waals surface area (Å²) in [5, 5.41) is 5.70. The quantitative estimate of drug-likeness (QED) is 0.820. The van der Waals surface area contributed by atoms with E-state index in [-0.39, 0.29) is 35.0 Å². The van der Waals surface area contributed by atoms with E-state index in [2.05, 4.69) is 26.6 Å². The number of benzene rings is 1. The molecule has 1 aromatic carbocycles. The molecular formula is C14H19BrClF2N3O. The van der Waals surface area contributed by atoms with Gasteiger partial charge in [0.05, 0.1) is 12.2 Å². The Balaban J connectivity index is 0.00000242. The Morgan fingerprint density at radius 3 is 2.82 bits per heavy atom. The van der Waals surface area contributed by atoms with Crippen LogP contribution in [-0.2, 0) is 4.79 Å². The number of carbonyl (C=O) groups is 1. The van der Waals surface area contributed by atoms with Gasteiger partial charge < -0.3 is 10.6 Å². The average molecular weight is 399 g/mol. The fraction of sp³-hybridized carbons (Fsp3) is 0.500. The summed E-state index contributed by atoms with van der Waals surface area (Å²) in [4.78, 5) is 14.0. The first-order chi connectivity index (χ1) is 9.99. The fourth-order valence-corrected chi connectivity index (χ4v) is 2.99. The van der Waals surface area contributed by atoms with Gasteiger partial charge in [-0.3, -0.25) is 9.69 Å². The van der Waals surface area contributed by atoms with Crippen LogP contribution < -0.4 is 10.6 Å². The molecule has 1 aliphatic rings. The normalized spacial score (nSPS) is 18.6. The van der Waals surface area contributed by atoms with Crippen molar-refractivity contribution in [2.75, 3.05) is 32.0 Å². The molecule has 0 spiro atoms. The maximum absolute atomic E-state index is 13.7. The molecule has 1 atom stereocenters. The summed E-state index contributed by atoms with van der Waals surface area (Å²) >= 11 is 3.05. The topological polar surface area (TPSA) is 44.4 Å². The Morgan fingerprint density at radius 2 is 2.18 bits per heavy atom. The minimum absolute atomic E-state index is 0. The number of nitrogens with zero attached hydrogens (tertiary/aromatic N) is 1. The third-order valence-corrected chi connectivity index (χ3v) is 4.18. The molecule has 22 heavy (non-hydrogen) atoms. The van der Waals surface area contributed by atoms with E-state index in [1.807, 2.05) is 11.9 Å². The molecule has 0 radical (unpaired) electrons. The van der Waals surface area contributed by atoms with Crippen molar-refractivity contribution in [3.63, 3.8) is 0 Å². The van der Waals surface area contributed by atoms with Crippen LogP contribution in [-0.4, -0.2) is 43.5 Å². The van der Waals surface area contributed by atoms with Gasteiger partial charge in [0.1, 0.15) is 5.82 Å². The molecule has 2 N–H and O–H groups in total. The van der Waals surface area contributed by atoms with Crippen LogP contribution in [0.4, 0.5) is 14.5 Å². The molecule has 8 heteroatoms. The van der Waals surface area contributed by atoms with Crippen molar-refractivity contribution in [1.82, 2.24) is 10.2 Å². The van der Waals surface area contributed by atoms with Crippen molar-refractivity contribution < 1.29 is 13.6 Å². The molecule has 0 aliphatic carbocycles. The third kappa shape index (κ3) is 5.15. The Kier molecular flexibility index (Phi) is 7.68. The minimum Gasteiger partial charge on any atom is -0.322 e. The van der Waals surface area contributed by atoms with Gasteiger partial charge in [-0.2, -0.15) is 0 Å². The molecule has 1 fully saturated rings. The van der Waals surface area contributed by atoms with Crippen LogP contribution in [0, 0.1) is 11.6 Å². The van der Waals surface area contributed by atoms with E-state index in [0.717, 1.165) is 38.1 Å². The van der Waals surface area contributed by atoms with E-state index in [0.29, 0.717) is 6.04 Å². The summed E-state index contributed by atoms with van der Waals surface area (Å²) in [6, 6.07) is 2.25. The number of rotatable bonds is 4. The van der Waals surface area contributed by atoms with Crippen molar-refractivity contribution in [2.24, 2.45) is 0 Å². The molecule has 0 aromatic heterocycles. The summed E-state index contributed by atoms with van der Waals surface area (Å²) in [5.41, 5.74) is -0.0245. The van der Waals surface area contributed by atoms with Gasteiger partial charge in [0, 0.05) is 23.1 Å². The summed E-state index contributed by atoms with van der Waals surface area (Å²) in [6.45, 7) is 1.83. The van der Waals surface area contributed by atoms with Gasteiger partial charge in [-0.25, -0.2) is 8.78 Å². The molecule has 4 nitrogen and oxygen atoms in total. The van der Waals surface area contributed by atoms with Crippen molar-refractivity contribution >= 4 is 39.9 Å². The SMILES string of the molecule is CNC1CCCN(CC(=O)Nc2c(F)cc(F)cc2Br)C1.Cl. The maximum Gasteiger partial charge on any atom is 0.238 e. The highest BCUT2D eigenvalue weighted by atomic mass is 79.9. The lowest BCUT2D eigenvalue weighted by Crippen LogP contribution is -2.46. The van der Waals surface area contributed by atoms with E-state index in [1.165, 1.54) is 0 Å². The first-order valence-electron chi connectivity index (χ1n) is 6.83. The lowest BCUT2D eigenvalue weighted by molar-refractivity contribution is -0.117. The zero-order chi connectivity index (χ0) is 15.4. The number of piperidine rings is 1. The second kappa shape index (κ2) is 8.76. The van der Waals surface area contributed by atoms with Crippen LogP contribution in [0.1, 0.15) is 12.8 Å². The van der Waals surface area contributed by atoms with E-state index in [1.54, 1.807) is 0 Å². The van der Waals surface area contributed by atoms with Crippen molar-refractivity contribution in [2.45, 2.75) is 18.9 Å². The highest BCUT2D eigenvalue weighted by Crippen LogP contribution is 2.26. The number of carbonyl (C=O) groups excluding carboxylic acids is 1. The molecule has 1 heterocycles. The number of amides is 1. The summed E-state index contributed by atoms with van der Waals surface area (Å²) in [6.07, 6.45) is 2.11. The predicted molar refractivity (Wildman–Crippen MR) is 88.5 cm³/mol. The highest BCUT2D eigenvalue weighted by molar-refractivity contribution is 9.10. The number of nitrogens with one attached hydrogen (secondary N) is 2. The first-order valence-corrected chi connectivity index (χ1v) is 7.63. The second-order valence-electron chi connectivity index (χ2n) is 5.16. The van der Waals surface area contributed by atoms with Crippen LogP contribution in [0.15, 0.2) is 16.6 Å². The van der Waals surface area contributed by atoms with Crippen LogP contribution in [0.2, 0.25) is 0 Å². The molecule has 1 saturated heterocycles. The molecule has 1 aromatic rings. The van der Waals surface area contributed by atoms with E-state index in [9.17, 15) is 13.6 Å². The van der Waals surface area contributed by atoms with Gasteiger partial charge in [0.2, 0.25) is 5.91 Å².